The Morgan fingerprint density at radius 1 is 0.844 bits per heavy atom. The van der Waals surface area contributed by atoms with Crippen LogP contribution in [0.2, 0.25) is 0 Å². The number of piperazine rings is 1. The lowest BCUT2D eigenvalue weighted by molar-refractivity contribution is 0.115. The number of hydrogen-bond donors (Lipinski definition) is 1. The second-order valence-corrected chi connectivity index (χ2v) is 9.78. The van der Waals surface area contributed by atoms with E-state index in [9.17, 15) is 12.8 Å². The van der Waals surface area contributed by atoms with Gasteiger partial charge in [0, 0.05) is 37.3 Å². The minimum atomic E-state index is -3.65. The van der Waals surface area contributed by atoms with Crippen molar-refractivity contribution in [3.05, 3.63) is 101 Å². The first-order valence-corrected chi connectivity index (χ1v) is 12.0. The zero-order valence-corrected chi connectivity index (χ0v) is 18.2. The first-order valence-electron chi connectivity index (χ1n) is 10.5. The van der Waals surface area contributed by atoms with Crippen LogP contribution in [0, 0.1) is 5.82 Å². The van der Waals surface area contributed by atoms with Gasteiger partial charge in [-0.1, -0.05) is 54.6 Å². The second-order valence-electron chi connectivity index (χ2n) is 7.84. The number of benzene rings is 3. The summed E-state index contributed by atoms with van der Waals surface area (Å²) in [5.74, 6) is -0.453. The molecule has 8 heteroatoms. The number of hydrazone groups is 1. The average Bonchev–Trinajstić information content (AvgIpc) is 2.84. The van der Waals surface area contributed by atoms with Gasteiger partial charge in [-0.05, 0) is 29.8 Å². The Morgan fingerprint density at radius 3 is 2.22 bits per heavy atom. The van der Waals surface area contributed by atoms with E-state index in [4.69, 9.17) is 0 Å². The van der Waals surface area contributed by atoms with Crippen LogP contribution in [0.5, 0.6) is 0 Å². The molecule has 0 amide bonds. The van der Waals surface area contributed by atoms with E-state index in [-0.39, 0.29) is 11.1 Å². The normalized spacial score (nSPS) is 19.7. The van der Waals surface area contributed by atoms with E-state index in [1.165, 1.54) is 28.6 Å². The number of fused-ring (bicyclic) bond motifs is 1. The molecule has 2 heterocycles. The van der Waals surface area contributed by atoms with Gasteiger partial charge >= 0.3 is 0 Å². The van der Waals surface area contributed by atoms with Crippen molar-refractivity contribution in [3.8, 4) is 0 Å². The summed E-state index contributed by atoms with van der Waals surface area (Å²) in [7, 11) is -3.65. The van der Waals surface area contributed by atoms with Gasteiger partial charge in [0.25, 0.3) is 0 Å². The molecule has 1 N–H and O–H groups in total. The van der Waals surface area contributed by atoms with E-state index in [0.717, 1.165) is 22.4 Å². The van der Waals surface area contributed by atoms with Gasteiger partial charge in [0.1, 0.15) is 12.0 Å². The Morgan fingerprint density at radius 2 is 1.50 bits per heavy atom. The molecule has 164 valence electrons. The van der Waals surface area contributed by atoms with Crippen LogP contribution >= 0.6 is 0 Å². The van der Waals surface area contributed by atoms with Gasteiger partial charge in [0.15, 0.2) is 0 Å². The van der Waals surface area contributed by atoms with Gasteiger partial charge < -0.3 is 0 Å². The predicted octanol–water partition coefficient (Wildman–Crippen LogP) is 3.19. The average molecular weight is 451 g/mol. The number of rotatable bonds is 4. The van der Waals surface area contributed by atoms with Crippen molar-refractivity contribution in [3.63, 3.8) is 0 Å². The summed E-state index contributed by atoms with van der Waals surface area (Å²) in [5.41, 5.74) is 7.42. The molecule has 1 fully saturated rings. The summed E-state index contributed by atoms with van der Waals surface area (Å²) in [6.45, 7) is 1.83. The zero-order chi connectivity index (χ0) is 22.1. The molecule has 32 heavy (non-hydrogen) atoms. The molecule has 0 spiro atoms. The van der Waals surface area contributed by atoms with E-state index in [1.54, 1.807) is 0 Å². The molecule has 2 aliphatic rings. The maximum absolute atomic E-state index is 13.2. The van der Waals surface area contributed by atoms with Crippen molar-refractivity contribution in [2.24, 2.45) is 5.10 Å². The molecule has 1 atom stereocenters. The van der Waals surface area contributed by atoms with E-state index < -0.39 is 15.8 Å². The van der Waals surface area contributed by atoms with Crippen molar-refractivity contribution in [2.45, 2.75) is 11.1 Å². The lowest BCUT2D eigenvalue weighted by atomic mass is 9.94. The zero-order valence-electron chi connectivity index (χ0n) is 17.4. The van der Waals surface area contributed by atoms with Gasteiger partial charge in [0.05, 0.1) is 10.6 Å². The number of nitrogens with zero attached hydrogens (tertiary/aromatic N) is 3. The van der Waals surface area contributed by atoms with Crippen molar-refractivity contribution in [2.75, 3.05) is 26.2 Å². The van der Waals surface area contributed by atoms with Gasteiger partial charge in [-0.15, -0.1) is 0 Å². The quantitative estimate of drug-likeness (QED) is 0.663. The van der Waals surface area contributed by atoms with Crippen LogP contribution in [-0.2, 0) is 10.0 Å². The fraction of sp³-hybridized carbons (Fsp3) is 0.208. The van der Waals surface area contributed by atoms with Crippen LogP contribution in [0.3, 0.4) is 0 Å². The highest BCUT2D eigenvalue weighted by Crippen LogP contribution is 2.29. The number of hydrogen-bond acceptors (Lipinski definition) is 5. The van der Waals surface area contributed by atoms with E-state index >= 15 is 0 Å². The first-order chi connectivity index (χ1) is 15.5. The van der Waals surface area contributed by atoms with Gasteiger partial charge in [0.2, 0.25) is 10.0 Å². The van der Waals surface area contributed by atoms with Crippen LogP contribution in [0.4, 0.5) is 4.39 Å². The summed E-state index contributed by atoms with van der Waals surface area (Å²) >= 11 is 0. The Hall–Kier alpha value is -3.07. The molecule has 0 aromatic heterocycles. The van der Waals surface area contributed by atoms with Crippen LogP contribution in [0.1, 0.15) is 22.9 Å². The Balaban J connectivity index is 1.34. The molecule has 0 bridgehead atoms. The molecule has 6 nitrogen and oxygen atoms in total. The molecule has 0 saturated carbocycles. The summed E-state index contributed by atoms with van der Waals surface area (Å²) < 4.78 is 40.5. The van der Waals surface area contributed by atoms with Crippen LogP contribution < -0.4 is 5.43 Å². The molecule has 3 aromatic carbocycles. The predicted molar refractivity (Wildman–Crippen MR) is 121 cm³/mol. The van der Waals surface area contributed by atoms with Gasteiger partial charge in [-0.25, -0.2) is 12.8 Å². The molecule has 2 aliphatic heterocycles. The molecule has 1 unspecified atom stereocenters. The SMILES string of the molecule is O=S(=O)(c1ccc(F)cc1)N1CCN(C2NN=C(c3ccccc3)c3ccccc32)CC1. The third-order valence-electron chi connectivity index (χ3n) is 5.95. The maximum atomic E-state index is 13.2. The molecule has 0 aliphatic carbocycles. The van der Waals surface area contributed by atoms with Crippen molar-refractivity contribution in [1.29, 1.82) is 0 Å². The monoisotopic (exact) mass is 450 g/mol. The Bertz CT molecular complexity index is 1240. The van der Waals surface area contributed by atoms with Crippen LogP contribution in [0.15, 0.2) is 88.9 Å². The molecule has 3 aromatic rings. The third kappa shape index (κ3) is 3.81. The van der Waals surface area contributed by atoms with E-state index in [2.05, 4.69) is 27.6 Å². The van der Waals surface area contributed by atoms with E-state index in [0.29, 0.717) is 26.2 Å². The Labute approximate surface area is 187 Å². The summed E-state index contributed by atoms with van der Waals surface area (Å²) in [6.07, 6.45) is -0.130. The number of sulfonamides is 1. The number of halogens is 1. The highest BCUT2D eigenvalue weighted by molar-refractivity contribution is 7.89. The van der Waals surface area contributed by atoms with Gasteiger partial charge in [-0.2, -0.15) is 9.41 Å². The smallest absolute Gasteiger partial charge is 0.243 e. The third-order valence-corrected chi connectivity index (χ3v) is 7.86. The lowest BCUT2D eigenvalue weighted by Crippen LogP contribution is -2.52. The standard InChI is InChI=1S/C24H23FN4O2S/c25-19-10-12-20(13-11-19)32(30,31)29-16-14-28(15-17-29)24-22-9-5-4-8-21(22)23(26-27-24)18-6-2-1-3-7-18/h1-13,24,27H,14-17H2. The summed E-state index contributed by atoms with van der Waals surface area (Å²) in [6, 6.07) is 23.2. The van der Waals surface area contributed by atoms with Gasteiger partial charge in [-0.3, -0.25) is 10.3 Å². The topological polar surface area (TPSA) is 65.0 Å². The minimum Gasteiger partial charge on any atom is -0.288 e. The van der Waals surface area contributed by atoms with Crippen molar-refractivity contribution >= 4 is 15.7 Å². The summed E-state index contributed by atoms with van der Waals surface area (Å²) in [4.78, 5) is 2.33. The summed E-state index contributed by atoms with van der Waals surface area (Å²) in [5, 5.41) is 4.68. The second kappa shape index (κ2) is 8.46. The maximum Gasteiger partial charge on any atom is 0.243 e. The molecular formula is C24H23FN4O2S. The number of nitrogens with one attached hydrogen (secondary N) is 1. The van der Waals surface area contributed by atoms with Crippen molar-refractivity contribution < 1.29 is 12.8 Å². The molecule has 5 rings (SSSR count). The Kier molecular flexibility index (Phi) is 5.50. The molecule has 0 radical (unpaired) electrons. The van der Waals surface area contributed by atoms with Crippen LogP contribution in [0.25, 0.3) is 0 Å². The lowest BCUT2D eigenvalue weighted by Gasteiger charge is -2.40. The highest BCUT2D eigenvalue weighted by atomic mass is 32.2. The fourth-order valence-electron chi connectivity index (χ4n) is 4.26. The minimum absolute atomic E-state index is 0.116. The van der Waals surface area contributed by atoms with Crippen molar-refractivity contribution in [1.82, 2.24) is 14.6 Å². The molecular weight excluding hydrogens is 427 g/mol. The van der Waals surface area contributed by atoms with E-state index in [1.807, 2.05) is 42.5 Å². The molecule has 1 saturated heterocycles. The van der Waals surface area contributed by atoms with Crippen LogP contribution in [-0.4, -0.2) is 49.5 Å². The highest BCUT2D eigenvalue weighted by Gasteiger charge is 2.34. The fourth-order valence-corrected chi connectivity index (χ4v) is 5.68. The largest absolute Gasteiger partial charge is 0.288 e. The first kappa shape index (κ1) is 20.8.